The van der Waals surface area contributed by atoms with Gasteiger partial charge in [0.05, 0.1) is 11.2 Å². The van der Waals surface area contributed by atoms with Gasteiger partial charge in [0.15, 0.2) is 0 Å². The predicted molar refractivity (Wildman–Crippen MR) is 65.8 cm³/mol. The molecule has 1 aliphatic rings. The largest absolute Gasteiger partial charge is 0.465 e. The number of ether oxygens (including phenoxy) is 1. The van der Waals surface area contributed by atoms with Crippen LogP contribution in [0.3, 0.4) is 0 Å². The van der Waals surface area contributed by atoms with E-state index in [0.717, 1.165) is 6.42 Å². The summed E-state index contributed by atoms with van der Waals surface area (Å²) >= 11 is 0. The second-order valence-corrected chi connectivity index (χ2v) is 5.10. The first-order valence-corrected chi connectivity index (χ1v) is 5.57. The summed E-state index contributed by atoms with van der Waals surface area (Å²) in [7, 11) is 0. The Balaban J connectivity index is 0.000000557. The highest BCUT2D eigenvalue weighted by molar-refractivity contribution is 5.61. The molecule has 1 rings (SSSR count). The van der Waals surface area contributed by atoms with Crippen LogP contribution >= 0.6 is 0 Å². The van der Waals surface area contributed by atoms with Crippen LogP contribution in [-0.4, -0.2) is 33.1 Å². The van der Waals surface area contributed by atoms with E-state index < -0.39 is 17.3 Å². The Kier molecular flexibility index (Phi) is 4.74. The molecule has 17 heavy (non-hydrogen) atoms. The van der Waals surface area contributed by atoms with Crippen LogP contribution in [0.1, 0.15) is 41.0 Å². The standard InChI is InChI=1S/C11H20O2.CH3NO2/c1-6-10(4)7-8-11(5,12)9(2,3)13-10;2-1(3)4/h7-8,12H,6H2,1-5H3;2H2,(H,3,4). The Hall–Kier alpha value is -1.07. The third-order valence-electron chi connectivity index (χ3n) is 3.17. The molecule has 0 radical (unpaired) electrons. The van der Waals surface area contributed by atoms with Gasteiger partial charge in [-0.2, -0.15) is 0 Å². The van der Waals surface area contributed by atoms with Crippen LogP contribution in [0.25, 0.3) is 0 Å². The molecule has 5 nitrogen and oxygen atoms in total. The van der Waals surface area contributed by atoms with Crippen molar-refractivity contribution in [1.29, 1.82) is 0 Å². The molecular weight excluding hydrogens is 222 g/mol. The fourth-order valence-electron chi connectivity index (χ4n) is 1.45. The lowest BCUT2D eigenvalue weighted by atomic mass is 9.81. The summed E-state index contributed by atoms with van der Waals surface area (Å²) in [5.41, 5.74) is 2.40. The van der Waals surface area contributed by atoms with Gasteiger partial charge in [0, 0.05) is 0 Å². The molecule has 2 unspecified atom stereocenters. The van der Waals surface area contributed by atoms with Gasteiger partial charge in [0.1, 0.15) is 5.60 Å². The maximum absolute atomic E-state index is 10.0. The first-order valence-electron chi connectivity index (χ1n) is 5.57. The zero-order valence-electron chi connectivity index (χ0n) is 11.2. The van der Waals surface area contributed by atoms with Crippen molar-refractivity contribution in [1.82, 2.24) is 0 Å². The summed E-state index contributed by atoms with van der Waals surface area (Å²) in [5.74, 6) is 0. The number of amides is 1. The van der Waals surface area contributed by atoms with Crippen molar-refractivity contribution in [3.05, 3.63) is 12.2 Å². The van der Waals surface area contributed by atoms with Gasteiger partial charge in [-0.3, -0.25) is 0 Å². The first-order chi connectivity index (χ1) is 7.46. The van der Waals surface area contributed by atoms with Crippen LogP contribution in [0.5, 0.6) is 0 Å². The molecule has 0 aromatic carbocycles. The number of carboxylic acid groups (broad SMARTS) is 1. The maximum atomic E-state index is 10.0. The van der Waals surface area contributed by atoms with Crippen molar-refractivity contribution in [3.8, 4) is 0 Å². The quantitative estimate of drug-likeness (QED) is 0.615. The van der Waals surface area contributed by atoms with Gasteiger partial charge in [-0.05, 0) is 34.1 Å². The van der Waals surface area contributed by atoms with E-state index in [9.17, 15) is 5.11 Å². The molecule has 0 bridgehead atoms. The van der Waals surface area contributed by atoms with E-state index in [-0.39, 0.29) is 5.60 Å². The number of primary amides is 1. The number of aliphatic hydroxyl groups is 1. The van der Waals surface area contributed by atoms with Gasteiger partial charge < -0.3 is 20.7 Å². The van der Waals surface area contributed by atoms with Gasteiger partial charge in [0.2, 0.25) is 0 Å². The summed E-state index contributed by atoms with van der Waals surface area (Å²) in [5, 5.41) is 17.2. The molecule has 0 fully saturated rings. The summed E-state index contributed by atoms with van der Waals surface area (Å²) < 4.78 is 5.89. The zero-order valence-corrected chi connectivity index (χ0v) is 11.2. The highest BCUT2D eigenvalue weighted by atomic mass is 16.5. The van der Waals surface area contributed by atoms with Crippen LogP contribution in [0, 0.1) is 0 Å². The van der Waals surface area contributed by atoms with E-state index in [1.165, 1.54) is 0 Å². The topological polar surface area (TPSA) is 92.8 Å². The molecule has 0 aliphatic carbocycles. The van der Waals surface area contributed by atoms with Crippen molar-refractivity contribution in [2.45, 2.75) is 57.8 Å². The van der Waals surface area contributed by atoms with Crippen LogP contribution in [0.2, 0.25) is 0 Å². The highest BCUT2D eigenvalue weighted by Gasteiger charge is 2.45. The van der Waals surface area contributed by atoms with Crippen LogP contribution in [0.15, 0.2) is 12.2 Å². The summed E-state index contributed by atoms with van der Waals surface area (Å²) in [6.07, 6.45) is 3.39. The number of carbonyl (C=O) groups is 1. The Labute approximate surface area is 102 Å². The van der Waals surface area contributed by atoms with Crippen molar-refractivity contribution < 1.29 is 19.7 Å². The molecule has 0 aromatic rings. The van der Waals surface area contributed by atoms with Gasteiger partial charge in [-0.25, -0.2) is 4.79 Å². The molecule has 2 atom stereocenters. The van der Waals surface area contributed by atoms with E-state index >= 15 is 0 Å². The van der Waals surface area contributed by atoms with Crippen LogP contribution in [0.4, 0.5) is 4.79 Å². The summed E-state index contributed by atoms with van der Waals surface area (Å²) in [4.78, 5) is 8.78. The fourth-order valence-corrected chi connectivity index (χ4v) is 1.45. The molecule has 0 saturated carbocycles. The molecule has 1 heterocycles. The average molecular weight is 245 g/mol. The van der Waals surface area contributed by atoms with Crippen LogP contribution in [-0.2, 0) is 4.74 Å². The molecule has 0 saturated heterocycles. The molecule has 5 heteroatoms. The maximum Gasteiger partial charge on any atom is 0.402 e. The second kappa shape index (κ2) is 5.06. The lowest BCUT2D eigenvalue weighted by Crippen LogP contribution is -2.55. The third kappa shape index (κ3) is 4.36. The van der Waals surface area contributed by atoms with E-state index in [4.69, 9.17) is 14.6 Å². The highest BCUT2D eigenvalue weighted by Crippen LogP contribution is 2.38. The molecule has 4 N–H and O–H groups in total. The van der Waals surface area contributed by atoms with Crippen molar-refractivity contribution >= 4 is 6.09 Å². The lowest BCUT2D eigenvalue weighted by molar-refractivity contribution is -0.195. The Morgan fingerprint density at radius 1 is 1.29 bits per heavy atom. The number of nitrogens with two attached hydrogens (primary N) is 1. The van der Waals surface area contributed by atoms with Crippen molar-refractivity contribution in [2.24, 2.45) is 5.73 Å². The van der Waals surface area contributed by atoms with Gasteiger partial charge in [-0.1, -0.05) is 19.1 Å². The van der Waals surface area contributed by atoms with Gasteiger partial charge in [-0.15, -0.1) is 0 Å². The molecule has 1 aliphatic heterocycles. The van der Waals surface area contributed by atoms with E-state index in [1.54, 1.807) is 6.92 Å². The number of hydrogen-bond acceptors (Lipinski definition) is 3. The number of rotatable bonds is 1. The van der Waals surface area contributed by atoms with Crippen LogP contribution < -0.4 is 5.73 Å². The monoisotopic (exact) mass is 245 g/mol. The van der Waals surface area contributed by atoms with Gasteiger partial charge in [0.25, 0.3) is 0 Å². The second-order valence-electron chi connectivity index (χ2n) is 5.10. The lowest BCUT2D eigenvalue weighted by Gasteiger charge is -2.47. The van der Waals surface area contributed by atoms with Crippen molar-refractivity contribution in [3.63, 3.8) is 0 Å². The van der Waals surface area contributed by atoms with E-state index in [1.807, 2.05) is 32.9 Å². The molecular formula is C12H23NO4. The fraction of sp³-hybridized carbons (Fsp3) is 0.750. The Morgan fingerprint density at radius 3 is 2.00 bits per heavy atom. The predicted octanol–water partition coefficient (Wildman–Crippen LogP) is 1.89. The smallest absolute Gasteiger partial charge is 0.402 e. The minimum atomic E-state index is -1.33. The zero-order chi connectivity index (χ0) is 13.9. The Bertz CT molecular complexity index is 306. The summed E-state index contributed by atoms with van der Waals surface area (Å²) in [6, 6.07) is 0. The SMILES string of the molecule is CCC1(C)C=CC(C)(O)C(C)(C)O1.NC(=O)O. The molecule has 1 amide bonds. The molecule has 0 spiro atoms. The summed E-state index contributed by atoms with van der Waals surface area (Å²) in [6.45, 7) is 9.74. The molecule has 0 aromatic heterocycles. The van der Waals surface area contributed by atoms with Gasteiger partial charge >= 0.3 is 6.09 Å². The third-order valence-corrected chi connectivity index (χ3v) is 3.17. The minimum absolute atomic E-state index is 0.230. The number of hydrogen-bond donors (Lipinski definition) is 3. The molecule has 100 valence electrons. The van der Waals surface area contributed by atoms with Crippen molar-refractivity contribution in [2.75, 3.05) is 0 Å². The average Bonchev–Trinajstić information content (AvgIpc) is 2.11. The van der Waals surface area contributed by atoms with E-state index in [0.29, 0.717) is 0 Å². The Morgan fingerprint density at radius 2 is 1.71 bits per heavy atom. The minimum Gasteiger partial charge on any atom is -0.465 e. The first kappa shape index (κ1) is 15.9. The normalized spacial score (nSPS) is 34.7. The van der Waals surface area contributed by atoms with E-state index in [2.05, 4.69) is 12.7 Å².